The normalized spacial score (nSPS) is 12.4. The predicted octanol–water partition coefficient (Wildman–Crippen LogP) is 3.70. The largest absolute Gasteiger partial charge is 0.467 e. The van der Waals surface area contributed by atoms with Crippen LogP contribution in [-0.4, -0.2) is 7.05 Å². The van der Waals surface area contributed by atoms with Crippen molar-refractivity contribution in [2.75, 3.05) is 11.9 Å². The smallest absolute Gasteiger partial charge is 0.123 e. The van der Waals surface area contributed by atoms with Crippen LogP contribution in [0.5, 0.6) is 0 Å². The minimum absolute atomic E-state index is 0.00319. The van der Waals surface area contributed by atoms with Crippen LogP contribution >= 0.6 is 15.9 Å². The van der Waals surface area contributed by atoms with Gasteiger partial charge in [0.15, 0.2) is 0 Å². The van der Waals surface area contributed by atoms with Gasteiger partial charge in [-0.25, -0.2) is 0 Å². The summed E-state index contributed by atoms with van der Waals surface area (Å²) in [5, 5.41) is 0. The van der Waals surface area contributed by atoms with E-state index in [4.69, 9.17) is 10.2 Å². The number of hydrogen-bond donors (Lipinski definition) is 1. The van der Waals surface area contributed by atoms with Gasteiger partial charge >= 0.3 is 0 Å². The van der Waals surface area contributed by atoms with Crippen LogP contribution in [0.25, 0.3) is 0 Å². The van der Waals surface area contributed by atoms with Crippen molar-refractivity contribution >= 4 is 21.6 Å². The van der Waals surface area contributed by atoms with Gasteiger partial charge in [-0.05, 0) is 42.8 Å². The van der Waals surface area contributed by atoms with Crippen LogP contribution in [0.3, 0.4) is 0 Å². The fourth-order valence-corrected chi connectivity index (χ4v) is 2.34. The number of halogens is 1. The first-order valence-electron chi connectivity index (χ1n) is 5.86. The lowest BCUT2D eigenvalue weighted by Crippen LogP contribution is -2.19. The fourth-order valence-electron chi connectivity index (χ4n) is 1.96. The zero-order valence-electron chi connectivity index (χ0n) is 10.6. The summed E-state index contributed by atoms with van der Waals surface area (Å²) >= 11 is 3.48. The molecule has 96 valence electrons. The molecule has 1 aromatic carbocycles. The summed E-state index contributed by atoms with van der Waals surface area (Å²) in [5.41, 5.74) is 8.28. The van der Waals surface area contributed by atoms with Crippen LogP contribution in [0.4, 0.5) is 5.69 Å². The lowest BCUT2D eigenvalue weighted by atomic mass is 10.1. The second-order valence-corrected chi connectivity index (χ2v) is 5.34. The predicted molar refractivity (Wildman–Crippen MR) is 77.6 cm³/mol. The van der Waals surface area contributed by atoms with Gasteiger partial charge in [0, 0.05) is 23.2 Å². The maximum Gasteiger partial charge on any atom is 0.123 e. The first-order chi connectivity index (χ1) is 8.58. The molecule has 0 saturated carbocycles. The van der Waals surface area contributed by atoms with Gasteiger partial charge in [-0.15, -0.1) is 0 Å². The highest BCUT2D eigenvalue weighted by molar-refractivity contribution is 9.10. The number of furan rings is 1. The Kier molecular flexibility index (Phi) is 4.09. The zero-order valence-corrected chi connectivity index (χ0v) is 12.1. The van der Waals surface area contributed by atoms with E-state index >= 15 is 0 Å². The van der Waals surface area contributed by atoms with Gasteiger partial charge in [-0.3, -0.25) is 0 Å². The molecule has 0 fully saturated rings. The number of rotatable bonds is 4. The third kappa shape index (κ3) is 2.94. The standard InChI is InChI=1S/C14H17BrN2O/c1-10(16)13-8-11(15)5-6-14(13)17(2)9-12-4-3-7-18-12/h3-8,10H,9,16H2,1-2H3. The van der Waals surface area contributed by atoms with E-state index in [1.54, 1.807) is 6.26 Å². The van der Waals surface area contributed by atoms with E-state index in [1.807, 2.05) is 32.2 Å². The van der Waals surface area contributed by atoms with Crippen molar-refractivity contribution in [3.05, 3.63) is 52.4 Å². The highest BCUT2D eigenvalue weighted by Gasteiger charge is 2.12. The number of nitrogens with zero attached hydrogens (tertiary/aromatic N) is 1. The van der Waals surface area contributed by atoms with Crippen LogP contribution in [0, 0.1) is 0 Å². The molecule has 18 heavy (non-hydrogen) atoms. The molecule has 1 atom stereocenters. The summed E-state index contributed by atoms with van der Waals surface area (Å²) in [7, 11) is 2.04. The Morgan fingerprint density at radius 1 is 1.39 bits per heavy atom. The van der Waals surface area contributed by atoms with E-state index in [2.05, 4.69) is 33.0 Å². The van der Waals surface area contributed by atoms with E-state index in [9.17, 15) is 0 Å². The van der Waals surface area contributed by atoms with Crippen molar-refractivity contribution in [1.82, 2.24) is 0 Å². The molecule has 0 aliphatic rings. The molecule has 0 bridgehead atoms. The highest BCUT2D eigenvalue weighted by Crippen LogP contribution is 2.28. The summed E-state index contributed by atoms with van der Waals surface area (Å²) in [6.45, 7) is 2.72. The van der Waals surface area contributed by atoms with E-state index in [1.165, 1.54) is 0 Å². The summed E-state index contributed by atoms with van der Waals surface area (Å²) in [6, 6.07) is 10.0. The molecule has 2 aromatic rings. The Balaban J connectivity index is 2.26. The molecule has 0 amide bonds. The monoisotopic (exact) mass is 308 g/mol. The molecule has 2 rings (SSSR count). The number of hydrogen-bond acceptors (Lipinski definition) is 3. The molecule has 1 heterocycles. The Labute approximate surface area is 116 Å². The molecule has 1 unspecified atom stereocenters. The molecule has 4 heteroatoms. The summed E-state index contributed by atoms with van der Waals surface area (Å²) in [4.78, 5) is 2.14. The van der Waals surface area contributed by atoms with Crippen molar-refractivity contribution in [2.45, 2.75) is 19.5 Å². The maximum absolute atomic E-state index is 6.02. The van der Waals surface area contributed by atoms with Gasteiger partial charge in [0.1, 0.15) is 5.76 Å². The summed E-state index contributed by atoms with van der Waals surface area (Å²) in [6.07, 6.45) is 1.69. The molecule has 0 aliphatic heterocycles. The Morgan fingerprint density at radius 2 is 2.17 bits per heavy atom. The lowest BCUT2D eigenvalue weighted by Gasteiger charge is -2.23. The zero-order chi connectivity index (χ0) is 13.1. The number of anilines is 1. The third-order valence-corrected chi connectivity index (χ3v) is 3.36. The first-order valence-corrected chi connectivity index (χ1v) is 6.66. The topological polar surface area (TPSA) is 42.4 Å². The minimum Gasteiger partial charge on any atom is -0.467 e. The second-order valence-electron chi connectivity index (χ2n) is 4.43. The molecule has 0 saturated heterocycles. The van der Waals surface area contributed by atoms with Gasteiger partial charge in [0.05, 0.1) is 12.8 Å². The Bertz CT molecular complexity index is 509. The molecule has 1 aromatic heterocycles. The summed E-state index contributed by atoms with van der Waals surface area (Å²) < 4.78 is 6.41. The second kappa shape index (κ2) is 5.59. The summed E-state index contributed by atoms with van der Waals surface area (Å²) in [5.74, 6) is 0.941. The molecular formula is C14H17BrN2O. The Morgan fingerprint density at radius 3 is 2.78 bits per heavy atom. The maximum atomic E-state index is 6.02. The Hall–Kier alpha value is -1.26. The van der Waals surface area contributed by atoms with Crippen LogP contribution in [0.1, 0.15) is 24.3 Å². The SMILES string of the molecule is CC(N)c1cc(Br)ccc1N(C)Cc1ccco1. The van der Waals surface area contributed by atoms with Crippen molar-refractivity contribution in [3.63, 3.8) is 0 Å². The van der Waals surface area contributed by atoms with Crippen molar-refractivity contribution < 1.29 is 4.42 Å². The first kappa shape index (κ1) is 13.2. The average Bonchev–Trinajstić information content (AvgIpc) is 2.81. The van der Waals surface area contributed by atoms with Crippen LogP contribution in [0.2, 0.25) is 0 Å². The van der Waals surface area contributed by atoms with E-state index in [0.717, 1.165) is 28.0 Å². The quantitative estimate of drug-likeness (QED) is 0.936. The third-order valence-electron chi connectivity index (χ3n) is 2.86. The number of benzene rings is 1. The van der Waals surface area contributed by atoms with Gasteiger partial charge < -0.3 is 15.1 Å². The van der Waals surface area contributed by atoms with Gasteiger partial charge in [-0.1, -0.05) is 15.9 Å². The van der Waals surface area contributed by atoms with Crippen LogP contribution in [-0.2, 0) is 6.54 Å². The number of nitrogens with two attached hydrogens (primary N) is 1. The van der Waals surface area contributed by atoms with E-state index < -0.39 is 0 Å². The molecule has 0 spiro atoms. The van der Waals surface area contributed by atoms with Crippen molar-refractivity contribution in [1.29, 1.82) is 0 Å². The molecule has 0 aliphatic carbocycles. The average molecular weight is 309 g/mol. The van der Waals surface area contributed by atoms with Crippen LogP contribution < -0.4 is 10.6 Å². The molecular weight excluding hydrogens is 292 g/mol. The lowest BCUT2D eigenvalue weighted by molar-refractivity contribution is 0.507. The fraction of sp³-hybridized carbons (Fsp3) is 0.286. The molecule has 0 radical (unpaired) electrons. The van der Waals surface area contributed by atoms with Crippen molar-refractivity contribution in [2.24, 2.45) is 5.73 Å². The molecule has 2 N–H and O–H groups in total. The van der Waals surface area contributed by atoms with E-state index in [-0.39, 0.29) is 6.04 Å². The van der Waals surface area contributed by atoms with Crippen LogP contribution in [0.15, 0.2) is 45.5 Å². The molecule has 3 nitrogen and oxygen atoms in total. The minimum atomic E-state index is -0.00319. The van der Waals surface area contributed by atoms with Gasteiger partial charge in [0.25, 0.3) is 0 Å². The van der Waals surface area contributed by atoms with Gasteiger partial charge in [-0.2, -0.15) is 0 Å². The van der Waals surface area contributed by atoms with Gasteiger partial charge in [0.2, 0.25) is 0 Å². The highest BCUT2D eigenvalue weighted by atomic mass is 79.9. The van der Waals surface area contributed by atoms with E-state index in [0.29, 0.717) is 0 Å². The van der Waals surface area contributed by atoms with Crippen molar-refractivity contribution in [3.8, 4) is 0 Å².